The van der Waals surface area contributed by atoms with Gasteiger partial charge in [-0.05, 0) is 32.9 Å². The highest BCUT2D eigenvalue weighted by atomic mass is 16.5. The molecule has 1 N–H and O–H groups in total. The fraction of sp³-hybridized carbons (Fsp3) is 0.375. The smallest absolute Gasteiger partial charge is 0.376 e. The molecule has 126 valence electrons. The molecule has 3 heterocycles. The summed E-state index contributed by atoms with van der Waals surface area (Å²) in [5.74, 6) is 0.678. The first-order valence-corrected chi connectivity index (χ1v) is 7.68. The Morgan fingerprint density at radius 2 is 2.25 bits per heavy atom. The van der Waals surface area contributed by atoms with E-state index in [1.807, 2.05) is 19.1 Å². The van der Waals surface area contributed by atoms with E-state index in [0.717, 1.165) is 5.76 Å². The second-order valence-electron chi connectivity index (χ2n) is 5.39. The summed E-state index contributed by atoms with van der Waals surface area (Å²) in [6.07, 6.45) is 2.30. The van der Waals surface area contributed by atoms with Crippen LogP contribution in [0.1, 0.15) is 35.9 Å². The lowest BCUT2D eigenvalue weighted by atomic mass is 10.2. The molecule has 0 radical (unpaired) electrons. The van der Waals surface area contributed by atoms with E-state index < -0.39 is 5.97 Å². The number of aromatic nitrogens is 3. The van der Waals surface area contributed by atoms with E-state index in [9.17, 15) is 4.79 Å². The van der Waals surface area contributed by atoms with Crippen molar-refractivity contribution in [2.75, 3.05) is 11.9 Å². The zero-order valence-electron chi connectivity index (χ0n) is 13.7. The van der Waals surface area contributed by atoms with Crippen molar-refractivity contribution < 1.29 is 18.5 Å². The van der Waals surface area contributed by atoms with Crippen LogP contribution in [0.4, 0.5) is 5.82 Å². The van der Waals surface area contributed by atoms with Gasteiger partial charge in [0.2, 0.25) is 5.82 Å². The van der Waals surface area contributed by atoms with E-state index in [1.165, 1.54) is 0 Å². The van der Waals surface area contributed by atoms with E-state index in [4.69, 9.17) is 13.7 Å². The number of furan rings is 1. The quantitative estimate of drug-likeness (QED) is 0.688. The van der Waals surface area contributed by atoms with E-state index in [-0.39, 0.29) is 24.2 Å². The van der Waals surface area contributed by atoms with Crippen LogP contribution in [0.2, 0.25) is 0 Å². The number of hydrogen-bond acceptors (Lipinski definition) is 8. The second kappa shape index (κ2) is 6.69. The molecule has 0 aromatic carbocycles. The number of anilines is 1. The highest BCUT2D eigenvalue weighted by Crippen LogP contribution is 2.25. The van der Waals surface area contributed by atoms with Crippen molar-refractivity contribution >= 4 is 22.9 Å². The maximum absolute atomic E-state index is 11.9. The summed E-state index contributed by atoms with van der Waals surface area (Å²) in [5.41, 5.74) is 0.895. The van der Waals surface area contributed by atoms with Gasteiger partial charge in [-0.1, -0.05) is 5.16 Å². The van der Waals surface area contributed by atoms with Crippen LogP contribution >= 0.6 is 0 Å². The van der Waals surface area contributed by atoms with Crippen LogP contribution in [0.5, 0.6) is 0 Å². The number of aryl methyl sites for hydroxylation is 1. The van der Waals surface area contributed by atoms with Gasteiger partial charge in [0, 0.05) is 12.5 Å². The molecule has 0 bridgehead atoms. The lowest BCUT2D eigenvalue weighted by Crippen LogP contribution is -2.20. The van der Waals surface area contributed by atoms with Gasteiger partial charge >= 0.3 is 5.97 Å². The van der Waals surface area contributed by atoms with Gasteiger partial charge in [-0.3, -0.25) is 0 Å². The van der Waals surface area contributed by atoms with Crippen molar-refractivity contribution in [3.05, 3.63) is 35.7 Å². The highest BCUT2D eigenvalue weighted by Gasteiger charge is 2.20. The Bertz CT molecular complexity index is 841. The molecule has 3 aromatic heterocycles. The van der Waals surface area contributed by atoms with Crippen molar-refractivity contribution in [1.82, 2.24) is 15.1 Å². The third kappa shape index (κ3) is 3.22. The molecular formula is C16H18N4O4. The van der Waals surface area contributed by atoms with Crippen LogP contribution < -0.4 is 5.32 Å². The first-order valence-electron chi connectivity index (χ1n) is 7.68. The van der Waals surface area contributed by atoms with Crippen LogP contribution in [0.3, 0.4) is 0 Å². The van der Waals surface area contributed by atoms with Gasteiger partial charge in [-0.2, -0.15) is 4.98 Å². The molecule has 24 heavy (non-hydrogen) atoms. The van der Waals surface area contributed by atoms with Crippen molar-refractivity contribution in [3.8, 4) is 0 Å². The molecular weight excluding hydrogens is 312 g/mol. The number of fused-ring (bicyclic) bond motifs is 1. The maximum Gasteiger partial charge on any atom is 0.376 e. The van der Waals surface area contributed by atoms with Crippen molar-refractivity contribution in [1.29, 1.82) is 0 Å². The number of esters is 1. The molecule has 0 aliphatic rings. The van der Waals surface area contributed by atoms with Gasteiger partial charge in [-0.15, -0.1) is 0 Å². The summed E-state index contributed by atoms with van der Waals surface area (Å²) in [7, 11) is 0. The summed E-state index contributed by atoms with van der Waals surface area (Å²) < 4.78 is 15.5. The van der Waals surface area contributed by atoms with Gasteiger partial charge in [0.15, 0.2) is 0 Å². The van der Waals surface area contributed by atoms with E-state index in [1.54, 1.807) is 20.1 Å². The predicted molar refractivity (Wildman–Crippen MR) is 85.8 cm³/mol. The minimum Gasteiger partial charge on any atom is -0.469 e. The number of rotatable bonds is 6. The predicted octanol–water partition coefficient (Wildman–Crippen LogP) is 2.74. The summed E-state index contributed by atoms with van der Waals surface area (Å²) in [4.78, 5) is 20.3. The third-order valence-corrected chi connectivity index (χ3v) is 3.44. The number of nitrogens with one attached hydrogen (secondary N) is 1. The van der Waals surface area contributed by atoms with Gasteiger partial charge < -0.3 is 19.0 Å². The van der Waals surface area contributed by atoms with Crippen molar-refractivity contribution in [3.63, 3.8) is 0 Å². The Morgan fingerprint density at radius 3 is 2.96 bits per heavy atom. The van der Waals surface area contributed by atoms with Gasteiger partial charge in [0.1, 0.15) is 17.0 Å². The SMILES string of the molecule is CCOC(=O)c1nc(N[C@H](C)Cc2ccco2)c2c(C)noc2n1. The van der Waals surface area contributed by atoms with Gasteiger partial charge in [0.25, 0.3) is 5.71 Å². The molecule has 8 nitrogen and oxygen atoms in total. The fourth-order valence-corrected chi connectivity index (χ4v) is 2.40. The minimum atomic E-state index is -0.602. The molecule has 8 heteroatoms. The van der Waals surface area contributed by atoms with Crippen LogP contribution in [0, 0.1) is 6.92 Å². The van der Waals surface area contributed by atoms with Gasteiger partial charge in [-0.25, -0.2) is 9.78 Å². The fourth-order valence-electron chi connectivity index (χ4n) is 2.40. The molecule has 0 amide bonds. The highest BCUT2D eigenvalue weighted by molar-refractivity contribution is 5.93. The molecule has 3 rings (SSSR count). The Balaban J connectivity index is 1.92. The summed E-state index contributed by atoms with van der Waals surface area (Å²) in [5, 5.41) is 7.81. The van der Waals surface area contributed by atoms with Crippen LogP contribution in [-0.2, 0) is 11.2 Å². The zero-order chi connectivity index (χ0) is 17.1. The monoisotopic (exact) mass is 330 g/mol. The van der Waals surface area contributed by atoms with Crippen LogP contribution in [0.15, 0.2) is 27.3 Å². The Kier molecular flexibility index (Phi) is 4.45. The Hall–Kier alpha value is -2.90. The Morgan fingerprint density at radius 1 is 1.42 bits per heavy atom. The average molecular weight is 330 g/mol. The lowest BCUT2D eigenvalue weighted by Gasteiger charge is -2.14. The number of hydrogen-bond donors (Lipinski definition) is 1. The normalized spacial score (nSPS) is 12.3. The summed E-state index contributed by atoms with van der Waals surface area (Å²) >= 11 is 0. The minimum absolute atomic E-state index is 0.0126. The van der Waals surface area contributed by atoms with Crippen molar-refractivity contribution in [2.45, 2.75) is 33.2 Å². The standard InChI is InChI=1S/C16H18N4O4/c1-4-22-16(21)14-18-13(12-10(3)20-24-15(12)19-14)17-9(2)8-11-6-5-7-23-11/h5-7,9H,4,8H2,1-3H3,(H,17,18,19)/t9-/m1/s1. The molecule has 0 unspecified atom stereocenters. The topological polar surface area (TPSA) is 103 Å². The number of ether oxygens (including phenoxy) is 1. The molecule has 0 aliphatic carbocycles. The molecule has 1 atom stereocenters. The maximum atomic E-state index is 11.9. The molecule has 0 spiro atoms. The molecule has 0 saturated carbocycles. The van der Waals surface area contributed by atoms with Crippen LogP contribution in [0.25, 0.3) is 11.1 Å². The first kappa shape index (κ1) is 16.0. The van der Waals surface area contributed by atoms with E-state index in [2.05, 4.69) is 20.4 Å². The summed E-state index contributed by atoms with van der Waals surface area (Å²) in [6.45, 7) is 5.75. The van der Waals surface area contributed by atoms with E-state index >= 15 is 0 Å². The molecule has 3 aromatic rings. The number of carbonyl (C=O) groups excluding carboxylic acids is 1. The average Bonchev–Trinajstić information content (AvgIpc) is 3.17. The molecule has 0 saturated heterocycles. The van der Waals surface area contributed by atoms with Crippen LogP contribution in [-0.4, -0.2) is 33.7 Å². The lowest BCUT2D eigenvalue weighted by molar-refractivity contribution is 0.0512. The zero-order valence-corrected chi connectivity index (χ0v) is 13.7. The van der Waals surface area contributed by atoms with Crippen molar-refractivity contribution in [2.24, 2.45) is 0 Å². The summed E-state index contributed by atoms with van der Waals surface area (Å²) in [6, 6.07) is 3.76. The van der Waals surface area contributed by atoms with E-state index in [0.29, 0.717) is 23.3 Å². The molecule has 0 aliphatic heterocycles. The molecule has 0 fully saturated rings. The second-order valence-corrected chi connectivity index (χ2v) is 5.39. The third-order valence-electron chi connectivity index (χ3n) is 3.44. The van der Waals surface area contributed by atoms with Gasteiger partial charge in [0.05, 0.1) is 18.6 Å². The number of nitrogens with zero attached hydrogens (tertiary/aromatic N) is 3. The number of carbonyl (C=O) groups is 1. The largest absolute Gasteiger partial charge is 0.469 e. The first-order chi connectivity index (χ1) is 11.6. The Labute approximate surface area is 138 Å².